The largest absolute Gasteiger partial charge is 0.478 e. The van der Waals surface area contributed by atoms with Gasteiger partial charge in [0.25, 0.3) is 0 Å². The fraction of sp³-hybridized carbons (Fsp3) is 0.227. The van der Waals surface area contributed by atoms with Crippen LogP contribution >= 0.6 is 0 Å². The first-order valence-corrected chi connectivity index (χ1v) is 9.77. The summed E-state index contributed by atoms with van der Waals surface area (Å²) in [4.78, 5) is 22.6. The van der Waals surface area contributed by atoms with Gasteiger partial charge in [0.2, 0.25) is 0 Å². The molecule has 0 bridgehead atoms. The molecule has 0 spiro atoms. The molecule has 2 aromatic carbocycles. The number of pyridine rings is 1. The van der Waals surface area contributed by atoms with Crippen LogP contribution < -0.4 is 4.90 Å². The van der Waals surface area contributed by atoms with Crippen LogP contribution in [0, 0.1) is 18.6 Å². The monoisotopic (exact) mass is 424 g/mol. The van der Waals surface area contributed by atoms with E-state index in [9.17, 15) is 18.7 Å². The molecule has 1 aliphatic rings. The summed E-state index contributed by atoms with van der Waals surface area (Å²) in [6, 6.07) is 7.11. The van der Waals surface area contributed by atoms with Crippen molar-refractivity contribution >= 4 is 33.6 Å². The van der Waals surface area contributed by atoms with Crippen molar-refractivity contribution in [2.24, 2.45) is 0 Å². The second-order valence-corrected chi connectivity index (χ2v) is 7.37. The van der Waals surface area contributed by atoms with Crippen LogP contribution in [0.4, 0.5) is 14.5 Å². The average Bonchev–Trinajstić information content (AvgIpc) is 3.08. The van der Waals surface area contributed by atoms with Crippen molar-refractivity contribution in [2.75, 3.05) is 31.2 Å². The first kappa shape index (κ1) is 19.4. The summed E-state index contributed by atoms with van der Waals surface area (Å²) < 4.78 is 35.5. The Kier molecular flexibility index (Phi) is 4.55. The second kappa shape index (κ2) is 7.28. The Morgan fingerprint density at radius 1 is 1.13 bits per heavy atom. The Hall–Kier alpha value is -3.59. The lowest BCUT2D eigenvalue weighted by Crippen LogP contribution is -2.36. The lowest BCUT2D eigenvalue weighted by atomic mass is 10.1. The number of anilines is 1. The van der Waals surface area contributed by atoms with Crippen LogP contribution in [0.2, 0.25) is 0 Å². The number of carboxylic acids is 1. The number of hydrogen-bond donors (Lipinski definition) is 1. The van der Waals surface area contributed by atoms with E-state index in [4.69, 9.17) is 4.74 Å². The SMILES string of the molecule is Cc1nc2c(C(=O)O)cc(N3CCOCC3)cc2n1-c1ccnc2c(F)cc(F)cc12. The van der Waals surface area contributed by atoms with Crippen LogP contribution in [0.15, 0.2) is 36.5 Å². The van der Waals surface area contributed by atoms with Crippen LogP contribution in [-0.4, -0.2) is 51.9 Å². The van der Waals surface area contributed by atoms with Crippen LogP contribution in [0.3, 0.4) is 0 Å². The highest BCUT2D eigenvalue weighted by atomic mass is 19.1. The number of rotatable bonds is 3. The summed E-state index contributed by atoms with van der Waals surface area (Å²) >= 11 is 0. The molecule has 7 nitrogen and oxygen atoms in total. The lowest BCUT2D eigenvalue weighted by molar-refractivity contribution is 0.0699. The number of nitrogens with zero attached hydrogens (tertiary/aromatic N) is 4. The molecule has 0 amide bonds. The highest BCUT2D eigenvalue weighted by Gasteiger charge is 2.22. The number of imidazole rings is 1. The summed E-state index contributed by atoms with van der Waals surface area (Å²) in [7, 11) is 0. The van der Waals surface area contributed by atoms with Gasteiger partial charge in [0.05, 0.1) is 30.0 Å². The van der Waals surface area contributed by atoms with Crippen LogP contribution in [-0.2, 0) is 4.74 Å². The molecule has 5 rings (SSSR count). The van der Waals surface area contributed by atoms with Crippen molar-refractivity contribution in [1.29, 1.82) is 0 Å². The Morgan fingerprint density at radius 2 is 1.90 bits per heavy atom. The van der Waals surface area contributed by atoms with E-state index in [2.05, 4.69) is 9.97 Å². The van der Waals surface area contributed by atoms with Gasteiger partial charge >= 0.3 is 5.97 Å². The van der Waals surface area contributed by atoms with Gasteiger partial charge in [0.1, 0.15) is 22.7 Å². The highest BCUT2D eigenvalue weighted by molar-refractivity contribution is 6.04. The summed E-state index contributed by atoms with van der Waals surface area (Å²) in [5.74, 6) is -2.09. The fourth-order valence-electron chi connectivity index (χ4n) is 4.11. The molecule has 9 heteroatoms. The smallest absolute Gasteiger partial charge is 0.338 e. The molecule has 1 aliphatic heterocycles. The van der Waals surface area contributed by atoms with E-state index in [1.807, 2.05) is 11.0 Å². The summed E-state index contributed by atoms with van der Waals surface area (Å²) in [6.07, 6.45) is 1.44. The van der Waals surface area contributed by atoms with Crippen molar-refractivity contribution in [3.05, 3.63) is 59.6 Å². The van der Waals surface area contributed by atoms with Crippen molar-refractivity contribution in [2.45, 2.75) is 6.92 Å². The van der Waals surface area contributed by atoms with Crippen LogP contribution in [0.1, 0.15) is 16.2 Å². The summed E-state index contributed by atoms with van der Waals surface area (Å²) in [6.45, 7) is 4.08. The van der Waals surface area contributed by atoms with Crippen LogP contribution in [0.5, 0.6) is 0 Å². The highest BCUT2D eigenvalue weighted by Crippen LogP contribution is 2.32. The summed E-state index contributed by atoms with van der Waals surface area (Å²) in [5, 5.41) is 10.1. The van der Waals surface area contributed by atoms with E-state index >= 15 is 0 Å². The van der Waals surface area contributed by atoms with Gasteiger partial charge in [-0.15, -0.1) is 0 Å². The number of carboxylic acid groups (broad SMARTS) is 1. The summed E-state index contributed by atoms with van der Waals surface area (Å²) in [5.41, 5.74) is 2.14. The predicted octanol–water partition coefficient (Wildman–Crippen LogP) is 3.70. The first-order chi connectivity index (χ1) is 14.9. The minimum absolute atomic E-state index is 0.0305. The first-order valence-electron chi connectivity index (χ1n) is 9.77. The molecular formula is C22H18F2N4O3. The average molecular weight is 424 g/mol. The zero-order valence-corrected chi connectivity index (χ0v) is 16.6. The Bertz CT molecular complexity index is 1350. The van der Waals surface area contributed by atoms with Crippen LogP contribution in [0.25, 0.3) is 27.6 Å². The molecule has 0 atom stereocenters. The quantitative estimate of drug-likeness (QED) is 0.540. The molecule has 0 radical (unpaired) electrons. The van der Waals surface area contributed by atoms with Crippen molar-refractivity contribution in [3.8, 4) is 5.69 Å². The number of aromatic nitrogens is 3. The third-order valence-electron chi connectivity index (χ3n) is 5.50. The molecule has 1 saturated heterocycles. The molecule has 4 aromatic rings. The van der Waals surface area contributed by atoms with E-state index in [0.29, 0.717) is 48.8 Å². The maximum Gasteiger partial charge on any atom is 0.338 e. The van der Waals surface area contributed by atoms with E-state index in [1.165, 1.54) is 12.3 Å². The molecule has 0 aliphatic carbocycles. The molecule has 0 saturated carbocycles. The molecule has 158 valence electrons. The van der Waals surface area contributed by atoms with E-state index in [-0.39, 0.29) is 16.5 Å². The van der Waals surface area contributed by atoms with Gasteiger partial charge in [0, 0.05) is 36.4 Å². The molecule has 0 unspecified atom stereocenters. The maximum atomic E-state index is 14.3. The molecular weight excluding hydrogens is 406 g/mol. The Labute approximate surface area is 175 Å². The number of hydrogen-bond acceptors (Lipinski definition) is 5. The fourth-order valence-corrected chi connectivity index (χ4v) is 4.11. The number of benzene rings is 2. The van der Waals surface area contributed by atoms with Gasteiger partial charge < -0.3 is 14.7 Å². The van der Waals surface area contributed by atoms with Gasteiger partial charge in [-0.2, -0.15) is 0 Å². The van der Waals surface area contributed by atoms with Crippen molar-refractivity contribution < 1.29 is 23.4 Å². The third kappa shape index (κ3) is 3.17. The minimum atomic E-state index is -1.10. The number of aromatic carboxylic acids is 1. The second-order valence-electron chi connectivity index (χ2n) is 7.37. The molecule has 2 aromatic heterocycles. The van der Waals surface area contributed by atoms with Gasteiger partial charge in [-0.05, 0) is 31.2 Å². The van der Waals surface area contributed by atoms with Crippen molar-refractivity contribution in [1.82, 2.24) is 14.5 Å². The third-order valence-corrected chi connectivity index (χ3v) is 5.50. The van der Waals surface area contributed by atoms with Gasteiger partial charge in [-0.25, -0.2) is 18.6 Å². The Morgan fingerprint density at radius 3 is 2.65 bits per heavy atom. The zero-order chi connectivity index (χ0) is 21.7. The topological polar surface area (TPSA) is 80.5 Å². The number of halogens is 2. The van der Waals surface area contributed by atoms with Gasteiger partial charge in [-0.3, -0.25) is 9.55 Å². The predicted molar refractivity (Wildman–Crippen MR) is 111 cm³/mol. The van der Waals surface area contributed by atoms with Crippen molar-refractivity contribution in [3.63, 3.8) is 0 Å². The van der Waals surface area contributed by atoms with Gasteiger partial charge in [0.15, 0.2) is 5.82 Å². The standard InChI is InChI=1S/C22H18F2N4O3/c1-12-26-21-16(22(29)30)10-14(27-4-6-31-7-5-27)11-19(21)28(12)18-2-3-25-20-15(18)8-13(23)9-17(20)24/h2-3,8-11H,4-7H2,1H3,(H,29,30). The lowest BCUT2D eigenvalue weighted by Gasteiger charge is -2.29. The number of carbonyl (C=O) groups is 1. The maximum absolute atomic E-state index is 14.3. The normalized spacial score (nSPS) is 14.5. The molecule has 1 N–H and O–H groups in total. The molecule has 3 heterocycles. The Balaban J connectivity index is 1.82. The van der Waals surface area contributed by atoms with E-state index < -0.39 is 17.6 Å². The number of aryl methyl sites for hydroxylation is 1. The number of ether oxygens (including phenoxy) is 1. The zero-order valence-electron chi connectivity index (χ0n) is 16.6. The minimum Gasteiger partial charge on any atom is -0.478 e. The van der Waals surface area contributed by atoms with E-state index in [0.717, 1.165) is 11.8 Å². The van der Waals surface area contributed by atoms with E-state index in [1.54, 1.807) is 23.6 Å². The molecule has 1 fully saturated rings. The van der Waals surface area contributed by atoms with Gasteiger partial charge in [-0.1, -0.05) is 0 Å². The molecule has 31 heavy (non-hydrogen) atoms. The number of morpholine rings is 1. The number of fused-ring (bicyclic) bond motifs is 2.